The molecule has 0 radical (unpaired) electrons. The summed E-state index contributed by atoms with van der Waals surface area (Å²) < 4.78 is 28.3. The normalized spacial score (nSPS) is 17.1. The van der Waals surface area contributed by atoms with E-state index in [1.165, 1.54) is 0 Å². The summed E-state index contributed by atoms with van der Waals surface area (Å²) in [6, 6.07) is 0. The van der Waals surface area contributed by atoms with Gasteiger partial charge in [0, 0.05) is 0 Å². The Morgan fingerprint density at radius 1 is 1.56 bits per heavy atom. The van der Waals surface area contributed by atoms with E-state index in [-0.39, 0.29) is 6.61 Å². The minimum absolute atomic E-state index is 0.215. The van der Waals surface area contributed by atoms with Crippen molar-refractivity contribution in [1.82, 2.24) is 0 Å². The van der Waals surface area contributed by atoms with Gasteiger partial charge in [-0.15, -0.1) is 0 Å². The average Bonchev–Trinajstić information content (AvgIpc) is 1.63. The van der Waals surface area contributed by atoms with Crippen LogP contribution in [-0.2, 0) is 18.0 Å². The van der Waals surface area contributed by atoms with E-state index in [1.807, 2.05) is 0 Å². The van der Waals surface area contributed by atoms with E-state index in [1.54, 1.807) is 6.92 Å². The Kier molecular flexibility index (Phi) is 5.35. The summed E-state index contributed by atoms with van der Waals surface area (Å²) in [5.41, 5.74) is 0. The zero-order valence-electron chi connectivity index (χ0n) is 4.79. The lowest BCUT2D eigenvalue weighted by atomic mass is 10.9. The van der Waals surface area contributed by atoms with E-state index in [2.05, 4.69) is 8.83 Å². The molecule has 0 aromatic carbocycles. The molecule has 0 rings (SSSR count). The van der Waals surface area contributed by atoms with Gasteiger partial charge in [-0.05, 0) is 6.92 Å². The second-order valence-electron chi connectivity index (χ2n) is 1.05. The Labute approximate surface area is 53.9 Å². The fraction of sp³-hybridized carbons (Fsp3) is 1.00. The fourth-order valence-corrected chi connectivity index (χ4v) is 1.26. The Bertz CT molecular complexity index is 122. The first kappa shape index (κ1) is 9.34. The van der Waals surface area contributed by atoms with Crippen LogP contribution in [-0.4, -0.2) is 11.5 Å². The van der Waals surface area contributed by atoms with Crippen LogP contribution in [0.5, 0.6) is 0 Å². The van der Waals surface area contributed by atoms with Gasteiger partial charge < -0.3 is 9.42 Å². The van der Waals surface area contributed by atoms with Gasteiger partial charge in [-0.1, -0.05) is 0 Å². The molecule has 0 saturated carbocycles. The van der Waals surface area contributed by atoms with Crippen LogP contribution in [0.15, 0.2) is 0 Å². The molecular formula is C2H8O5P2. The van der Waals surface area contributed by atoms with Gasteiger partial charge in [0.15, 0.2) is 0 Å². The quantitative estimate of drug-likeness (QED) is 0.638. The third kappa shape index (κ3) is 6.22. The molecule has 0 aliphatic rings. The SMILES string of the molecule is CCO[PH](=O)O[PH](=O)O. The zero-order chi connectivity index (χ0) is 7.28. The zero-order valence-corrected chi connectivity index (χ0v) is 6.79. The highest BCUT2D eigenvalue weighted by molar-refractivity contribution is 7.47. The molecule has 1 N–H and O–H groups in total. The molecule has 0 aliphatic carbocycles. The maximum atomic E-state index is 10.3. The first-order valence-corrected chi connectivity index (χ1v) is 4.73. The smallest absolute Gasteiger partial charge is 0.326 e. The van der Waals surface area contributed by atoms with Crippen LogP contribution >= 0.6 is 16.5 Å². The second kappa shape index (κ2) is 5.15. The summed E-state index contributed by atoms with van der Waals surface area (Å²) in [6.07, 6.45) is 0. The second-order valence-corrected chi connectivity index (χ2v) is 3.19. The largest absolute Gasteiger partial charge is 0.326 e. The Balaban J connectivity index is 3.39. The van der Waals surface area contributed by atoms with Crippen molar-refractivity contribution >= 4 is 16.5 Å². The molecule has 0 spiro atoms. The lowest BCUT2D eigenvalue weighted by Crippen LogP contribution is -1.76. The first-order valence-electron chi connectivity index (χ1n) is 2.24. The third-order valence-electron chi connectivity index (χ3n) is 0.433. The van der Waals surface area contributed by atoms with Crippen LogP contribution < -0.4 is 0 Å². The Morgan fingerprint density at radius 3 is 2.44 bits per heavy atom. The molecule has 7 heteroatoms. The van der Waals surface area contributed by atoms with Crippen molar-refractivity contribution in [2.75, 3.05) is 6.61 Å². The highest BCUT2D eigenvalue weighted by Crippen LogP contribution is 2.35. The molecule has 0 aliphatic heterocycles. The molecule has 0 fully saturated rings. The summed E-state index contributed by atoms with van der Waals surface area (Å²) >= 11 is 0. The van der Waals surface area contributed by atoms with Crippen LogP contribution in [0.2, 0.25) is 0 Å². The van der Waals surface area contributed by atoms with Gasteiger partial charge >= 0.3 is 16.5 Å². The number of hydrogen-bond donors (Lipinski definition) is 1. The number of hydrogen-bond acceptors (Lipinski definition) is 4. The average molecular weight is 174 g/mol. The van der Waals surface area contributed by atoms with Crippen molar-refractivity contribution in [3.05, 3.63) is 0 Å². The molecule has 0 aromatic heterocycles. The van der Waals surface area contributed by atoms with E-state index in [9.17, 15) is 9.13 Å². The van der Waals surface area contributed by atoms with Crippen molar-refractivity contribution in [3.8, 4) is 0 Å². The molecular weight excluding hydrogens is 166 g/mol. The lowest BCUT2D eigenvalue weighted by molar-refractivity contribution is 0.294. The standard InChI is InChI=1S/C2H8O5P2/c1-2-6-9(5)7-8(3)4/h8-9H,2H2,1H3,(H,3,4). The summed E-state index contributed by atoms with van der Waals surface area (Å²) in [7, 11) is -5.81. The van der Waals surface area contributed by atoms with Gasteiger partial charge in [-0.2, -0.15) is 0 Å². The summed E-state index contributed by atoms with van der Waals surface area (Å²) in [6.45, 7) is 1.83. The van der Waals surface area contributed by atoms with E-state index in [0.717, 1.165) is 0 Å². The summed E-state index contributed by atoms with van der Waals surface area (Å²) in [5, 5.41) is 0. The fourth-order valence-electron chi connectivity index (χ4n) is 0.219. The molecule has 56 valence electrons. The third-order valence-corrected chi connectivity index (χ3v) is 2.32. The summed E-state index contributed by atoms with van der Waals surface area (Å²) in [5.74, 6) is 0. The van der Waals surface area contributed by atoms with Crippen molar-refractivity contribution in [1.29, 1.82) is 0 Å². The molecule has 0 heterocycles. The minimum Gasteiger partial charge on any atom is -0.326 e. The Morgan fingerprint density at radius 2 is 2.11 bits per heavy atom. The monoisotopic (exact) mass is 174 g/mol. The first-order chi connectivity index (χ1) is 4.16. The van der Waals surface area contributed by atoms with Gasteiger partial charge in [0.1, 0.15) is 0 Å². The van der Waals surface area contributed by atoms with Gasteiger partial charge in [0.2, 0.25) is 0 Å². The maximum Gasteiger partial charge on any atom is 0.326 e. The van der Waals surface area contributed by atoms with Crippen LogP contribution in [0.25, 0.3) is 0 Å². The topological polar surface area (TPSA) is 72.8 Å². The molecule has 0 bridgehead atoms. The highest BCUT2D eigenvalue weighted by atomic mass is 31.2. The van der Waals surface area contributed by atoms with Gasteiger partial charge in [0.05, 0.1) is 6.61 Å². The predicted molar refractivity (Wildman–Crippen MR) is 32.9 cm³/mol. The van der Waals surface area contributed by atoms with E-state index in [0.29, 0.717) is 0 Å². The molecule has 0 amide bonds. The van der Waals surface area contributed by atoms with Crippen LogP contribution in [0, 0.1) is 0 Å². The van der Waals surface area contributed by atoms with Gasteiger partial charge in [0.25, 0.3) is 0 Å². The minimum atomic E-state index is -3.10. The van der Waals surface area contributed by atoms with Crippen molar-refractivity contribution < 1.29 is 22.9 Å². The van der Waals surface area contributed by atoms with Gasteiger partial charge in [-0.3, -0.25) is 9.13 Å². The van der Waals surface area contributed by atoms with Crippen LogP contribution in [0.3, 0.4) is 0 Å². The Hall–Kier alpha value is 0.340. The predicted octanol–water partition coefficient (Wildman–Crippen LogP) is 0.811. The van der Waals surface area contributed by atoms with Crippen molar-refractivity contribution in [2.45, 2.75) is 6.92 Å². The van der Waals surface area contributed by atoms with Crippen LogP contribution in [0.4, 0.5) is 0 Å². The molecule has 0 aromatic rings. The van der Waals surface area contributed by atoms with E-state index >= 15 is 0 Å². The summed E-state index contributed by atoms with van der Waals surface area (Å²) in [4.78, 5) is 8.02. The molecule has 0 saturated heterocycles. The van der Waals surface area contributed by atoms with Gasteiger partial charge in [-0.25, -0.2) is 4.31 Å². The molecule has 2 atom stereocenters. The van der Waals surface area contributed by atoms with E-state index < -0.39 is 16.5 Å². The molecule has 2 unspecified atom stereocenters. The van der Waals surface area contributed by atoms with E-state index in [4.69, 9.17) is 4.89 Å². The van der Waals surface area contributed by atoms with Crippen molar-refractivity contribution in [2.24, 2.45) is 0 Å². The molecule has 5 nitrogen and oxygen atoms in total. The molecule has 9 heavy (non-hydrogen) atoms. The number of rotatable bonds is 4. The van der Waals surface area contributed by atoms with Crippen molar-refractivity contribution in [3.63, 3.8) is 0 Å². The maximum absolute atomic E-state index is 10.3. The highest BCUT2D eigenvalue weighted by Gasteiger charge is 1.99. The van der Waals surface area contributed by atoms with Crippen LogP contribution in [0.1, 0.15) is 6.92 Å². The lowest BCUT2D eigenvalue weighted by Gasteiger charge is -1.97.